The number of anilines is 2. The van der Waals surface area contributed by atoms with Crippen molar-refractivity contribution in [3.8, 4) is 0 Å². The van der Waals surface area contributed by atoms with E-state index in [0.29, 0.717) is 82.1 Å². The van der Waals surface area contributed by atoms with E-state index in [9.17, 15) is 33.6 Å². The highest BCUT2D eigenvalue weighted by molar-refractivity contribution is 5.93. The van der Waals surface area contributed by atoms with Gasteiger partial charge in [-0.2, -0.15) is 0 Å². The minimum atomic E-state index is -2.15. The van der Waals surface area contributed by atoms with Gasteiger partial charge in [0.1, 0.15) is 47.7 Å². The number of ether oxygens (including phenoxy) is 8. The van der Waals surface area contributed by atoms with Crippen molar-refractivity contribution in [3.05, 3.63) is 95.6 Å². The number of carbonyl (C=O) groups is 9. The number of hydrogen-bond acceptors (Lipinski definition) is 19. The molecule has 4 aliphatic rings. The molecule has 3 aromatic carbocycles. The monoisotopic (exact) mass is 1360 g/mol. The first-order chi connectivity index (χ1) is 45.6. The zero-order chi connectivity index (χ0) is 71.1. The first kappa shape index (κ1) is 76.4. The molecule has 0 aromatic heterocycles. The third-order valence-electron chi connectivity index (χ3n) is 17.6. The van der Waals surface area contributed by atoms with Crippen LogP contribution in [0.15, 0.2) is 78.9 Å². The Morgan fingerprint density at radius 1 is 0.474 bits per heavy atom. The molecule has 0 radical (unpaired) electrons. The highest BCUT2D eigenvalue weighted by Crippen LogP contribution is 2.37. The van der Waals surface area contributed by atoms with E-state index >= 15 is 18.4 Å². The number of likely N-dealkylation sites (N-methyl/N-ethyl adjacent to an activating group) is 4. The van der Waals surface area contributed by atoms with E-state index in [-0.39, 0.29) is 44.1 Å². The van der Waals surface area contributed by atoms with Gasteiger partial charge in [0.05, 0.1) is 26.4 Å². The molecule has 97 heavy (non-hydrogen) atoms. The summed E-state index contributed by atoms with van der Waals surface area (Å²) in [4.78, 5) is 138. The number of morpholine rings is 2. The highest BCUT2D eigenvalue weighted by atomic mass is 19.1. The third kappa shape index (κ3) is 23.7. The number of amides is 4. The molecular weight excluding hydrogens is 1260 g/mol. The summed E-state index contributed by atoms with van der Waals surface area (Å²) in [5.74, 6) is -7.74. The average Bonchev–Trinajstić information content (AvgIpc) is 1.58. The van der Waals surface area contributed by atoms with E-state index in [1.807, 2.05) is 30.3 Å². The van der Waals surface area contributed by atoms with Crippen molar-refractivity contribution in [1.82, 2.24) is 19.6 Å². The largest absolute Gasteiger partial charge is 0.458 e. The van der Waals surface area contributed by atoms with Gasteiger partial charge < -0.3 is 62.4 Å². The molecule has 7 rings (SSSR count). The maximum absolute atomic E-state index is 16.1. The molecule has 0 bridgehead atoms. The van der Waals surface area contributed by atoms with Crippen molar-refractivity contribution >= 4 is 65.0 Å². The zero-order valence-corrected chi connectivity index (χ0v) is 58.6. The third-order valence-corrected chi connectivity index (χ3v) is 17.6. The van der Waals surface area contributed by atoms with Gasteiger partial charge in [-0.1, -0.05) is 80.3 Å². The summed E-state index contributed by atoms with van der Waals surface area (Å²) in [6.07, 6.45) is -5.83. The van der Waals surface area contributed by atoms with E-state index in [2.05, 4.69) is 9.80 Å². The van der Waals surface area contributed by atoms with E-state index in [1.54, 1.807) is 69.3 Å². The molecule has 8 atom stereocenters. The second-order valence-corrected chi connectivity index (χ2v) is 28.2. The lowest BCUT2D eigenvalue weighted by atomic mass is 9.99. The number of esters is 5. The Hall–Kier alpha value is -7.93. The number of rotatable bonds is 32. The molecule has 2 saturated heterocycles. The van der Waals surface area contributed by atoms with E-state index in [0.717, 1.165) is 43.8 Å². The fraction of sp³-hybridized carbons (Fsp3) is 0.625. The number of carbonyl (C=O) groups excluding carboxylic acids is 9. The van der Waals surface area contributed by atoms with Crippen molar-refractivity contribution in [2.24, 2.45) is 11.8 Å². The maximum Gasteiger partial charge on any atom is 0.410 e. The minimum Gasteiger partial charge on any atom is -0.458 e. The molecule has 25 heteroatoms. The topological polar surface area (TPSA) is 247 Å². The summed E-state index contributed by atoms with van der Waals surface area (Å²) in [5.41, 5.74) is -1.59. The number of alkyl halides is 2. The lowest BCUT2D eigenvalue weighted by Gasteiger charge is -2.35. The second kappa shape index (κ2) is 34.0. The number of nitrogens with zero attached hydrogens (tertiary/aromatic N) is 6. The van der Waals surface area contributed by atoms with Crippen LogP contribution in [-0.2, 0) is 95.7 Å². The van der Waals surface area contributed by atoms with Gasteiger partial charge in [-0.25, -0.2) is 37.5 Å². The molecule has 2 saturated carbocycles. The predicted molar refractivity (Wildman–Crippen MR) is 355 cm³/mol. The molecule has 0 spiro atoms. The molecule has 0 N–H and O–H groups in total. The standard InChI is InChI=1S/C72H100F2N6O17/c1-46(93-65(85)55(39-48-19-20-48)75(10)63(83)60(42-51-25-29-54(30-26-51)80-33-37-91-38-34-80)96-68(88)58(44-72(8,9)74)78(13)69(89)97-70(3,4)5)61(81)77(12)57(43-71(6,7)73)67(87)95-59(41-50-23-27-53(28-24-50)79-31-35-90-36-32-79)62(82)76(11)56(40-49-21-22-49)66(86)94-47(2)64(84)92-45-52-17-15-14-16-18-52/h14-18,23-30,46-49,55-60H,19-22,31-45H2,1-13H3/t46-,47-,55+,56+,57+,58+,59-,60?/m1/s1. The first-order valence-electron chi connectivity index (χ1n) is 33.6. The van der Waals surface area contributed by atoms with Gasteiger partial charge in [0.25, 0.3) is 17.7 Å². The SMILES string of the molecule is C[C@@H](OC(=O)[C@H](CC1CC1)N(C)C(=O)[C@@H](Cc1ccc(N2CCOCC2)cc1)OC(=O)[C@H](CC(C)(C)F)N(C)C(=O)[C@@H](C)OC(=O)[C@H](CC1CC1)N(C)C(=O)C(Cc1ccc(N2CCOCC2)cc1)OC(=O)[C@H](CC(C)(C)F)N(C)C(=O)OC(C)(C)C)C(=O)OCc1ccccc1. The Morgan fingerprint density at radius 3 is 1.23 bits per heavy atom. The molecule has 1 unspecified atom stereocenters. The van der Waals surface area contributed by atoms with Gasteiger partial charge in [0.2, 0.25) is 0 Å². The number of benzene rings is 3. The van der Waals surface area contributed by atoms with Crippen molar-refractivity contribution in [3.63, 3.8) is 0 Å². The highest BCUT2D eigenvalue weighted by Gasteiger charge is 2.45. The van der Waals surface area contributed by atoms with Gasteiger partial charge in [-0.05, 0) is 128 Å². The Bertz CT molecular complexity index is 3160. The first-order valence-corrected chi connectivity index (χ1v) is 33.6. The molecule has 2 aliphatic heterocycles. The smallest absolute Gasteiger partial charge is 0.410 e. The van der Waals surface area contributed by atoms with Gasteiger partial charge in [0.15, 0.2) is 24.4 Å². The summed E-state index contributed by atoms with van der Waals surface area (Å²) in [6.45, 7) is 17.0. The van der Waals surface area contributed by atoms with Crippen molar-refractivity contribution in [2.75, 3.05) is 90.6 Å². The number of hydrogen-bond donors (Lipinski definition) is 0. The van der Waals surface area contributed by atoms with E-state index < -0.39 is 132 Å². The van der Waals surface area contributed by atoms with Crippen LogP contribution in [0, 0.1) is 11.8 Å². The van der Waals surface area contributed by atoms with Crippen molar-refractivity contribution < 1.29 is 89.8 Å². The van der Waals surface area contributed by atoms with Crippen LogP contribution in [0.4, 0.5) is 25.0 Å². The maximum atomic E-state index is 16.1. The fourth-order valence-electron chi connectivity index (χ4n) is 11.5. The Kier molecular flexibility index (Phi) is 26.8. The minimum absolute atomic E-state index is 0.0382. The van der Waals surface area contributed by atoms with Gasteiger partial charge in [-0.15, -0.1) is 0 Å². The van der Waals surface area contributed by atoms with Gasteiger partial charge in [0, 0.05) is 91.4 Å². The normalized spacial score (nSPS) is 17.7. The van der Waals surface area contributed by atoms with Crippen LogP contribution in [0.5, 0.6) is 0 Å². The van der Waals surface area contributed by atoms with Crippen molar-refractivity contribution in [1.29, 1.82) is 0 Å². The molecule has 534 valence electrons. The van der Waals surface area contributed by atoms with Gasteiger partial charge >= 0.3 is 35.9 Å². The summed E-state index contributed by atoms with van der Waals surface area (Å²) >= 11 is 0. The molecule has 3 aromatic rings. The lowest BCUT2D eigenvalue weighted by Crippen LogP contribution is -2.54. The van der Waals surface area contributed by atoms with Crippen LogP contribution in [0.25, 0.3) is 0 Å². The Morgan fingerprint density at radius 2 is 0.845 bits per heavy atom. The zero-order valence-electron chi connectivity index (χ0n) is 58.6. The van der Waals surface area contributed by atoms with E-state index in [4.69, 9.17) is 37.9 Å². The van der Waals surface area contributed by atoms with Gasteiger partial charge in [-0.3, -0.25) is 19.3 Å². The van der Waals surface area contributed by atoms with Crippen LogP contribution in [0.3, 0.4) is 0 Å². The Balaban J connectivity index is 1.12. The summed E-state index contributed by atoms with van der Waals surface area (Å²) in [5, 5.41) is 0. The summed E-state index contributed by atoms with van der Waals surface area (Å²) in [7, 11) is 5.16. The van der Waals surface area contributed by atoms with Crippen LogP contribution in [-0.4, -0.2) is 220 Å². The second-order valence-electron chi connectivity index (χ2n) is 28.2. The average molecular weight is 1360 g/mol. The predicted octanol–water partition coefficient (Wildman–Crippen LogP) is 8.17. The fourth-order valence-corrected chi connectivity index (χ4v) is 11.5. The number of halogens is 2. The summed E-state index contributed by atoms with van der Waals surface area (Å²) in [6, 6.07) is 17.5. The lowest BCUT2D eigenvalue weighted by molar-refractivity contribution is -0.176. The molecule has 4 amide bonds. The molecule has 2 aliphatic carbocycles. The van der Waals surface area contributed by atoms with E-state index in [1.165, 1.54) is 69.7 Å². The molecule has 4 fully saturated rings. The van der Waals surface area contributed by atoms with Crippen LogP contribution in [0.2, 0.25) is 0 Å². The summed E-state index contributed by atoms with van der Waals surface area (Å²) < 4.78 is 77.5. The quantitative estimate of drug-likeness (QED) is 0.0422. The van der Waals surface area contributed by atoms with Crippen LogP contribution in [0.1, 0.15) is 130 Å². The molecule has 23 nitrogen and oxygen atoms in total. The van der Waals surface area contributed by atoms with Crippen molar-refractivity contribution in [2.45, 2.75) is 199 Å². The van der Waals surface area contributed by atoms with Crippen LogP contribution >= 0.6 is 0 Å². The molecular formula is C72H100F2N6O17. The molecule has 2 heterocycles. The Labute approximate surface area is 568 Å². The van der Waals surface area contributed by atoms with Crippen LogP contribution < -0.4 is 9.80 Å².